The van der Waals surface area contributed by atoms with E-state index in [1.807, 2.05) is 11.3 Å². The van der Waals surface area contributed by atoms with Crippen molar-refractivity contribution in [3.8, 4) is 33.4 Å². The molecule has 0 spiro atoms. The van der Waals surface area contributed by atoms with Gasteiger partial charge >= 0.3 is 0 Å². The molecule has 0 radical (unpaired) electrons. The molecule has 0 amide bonds. The predicted molar refractivity (Wildman–Crippen MR) is 303 cm³/mol. The van der Waals surface area contributed by atoms with Crippen LogP contribution in [0.1, 0.15) is 29.2 Å². The third-order valence-electron chi connectivity index (χ3n) is 14.5. The molecular formula is C68H48N2S. The molecule has 0 bridgehead atoms. The summed E-state index contributed by atoms with van der Waals surface area (Å²) in [6.07, 6.45) is 9.00. The summed E-state index contributed by atoms with van der Waals surface area (Å²) in [5, 5.41) is 4.96. The summed E-state index contributed by atoms with van der Waals surface area (Å²) in [5.74, 6) is 0. The topological polar surface area (TPSA) is 8.17 Å². The van der Waals surface area contributed by atoms with Crippen LogP contribution in [0.4, 0.5) is 17.1 Å². The monoisotopic (exact) mass is 924 g/mol. The first-order valence-corrected chi connectivity index (χ1v) is 25.3. The largest absolute Gasteiger partial charge is 0.316 e. The molecule has 0 saturated carbocycles. The quantitative estimate of drug-likeness (QED) is 0.140. The van der Waals surface area contributed by atoms with Gasteiger partial charge in [0.2, 0.25) is 0 Å². The van der Waals surface area contributed by atoms with E-state index in [1.54, 1.807) is 0 Å². The van der Waals surface area contributed by atoms with Gasteiger partial charge in [-0.1, -0.05) is 212 Å². The Labute approximate surface area is 418 Å². The molecule has 1 aliphatic rings. The van der Waals surface area contributed by atoms with Crippen LogP contribution in [-0.2, 0) is 5.41 Å². The molecule has 0 unspecified atom stereocenters. The van der Waals surface area contributed by atoms with Gasteiger partial charge < -0.3 is 9.47 Å². The highest BCUT2D eigenvalue weighted by molar-refractivity contribution is 7.17. The zero-order chi connectivity index (χ0) is 47.3. The fourth-order valence-corrected chi connectivity index (χ4v) is 12.4. The number of benzene rings is 10. The van der Waals surface area contributed by atoms with Crippen molar-refractivity contribution in [3.63, 3.8) is 0 Å². The molecule has 71 heavy (non-hydrogen) atoms. The predicted octanol–water partition coefficient (Wildman–Crippen LogP) is 16.9. The van der Waals surface area contributed by atoms with Crippen LogP contribution >= 0.6 is 11.3 Å². The van der Waals surface area contributed by atoms with Crippen LogP contribution in [0, 0.1) is 0 Å². The highest BCUT2D eigenvalue weighted by atomic mass is 32.1. The van der Waals surface area contributed by atoms with Gasteiger partial charge in [0, 0.05) is 53.9 Å². The maximum atomic E-state index is 2.46. The van der Waals surface area contributed by atoms with Gasteiger partial charge in [0.25, 0.3) is 0 Å². The number of thiophene rings is 1. The van der Waals surface area contributed by atoms with E-state index in [0.29, 0.717) is 0 Å². The van der Waals surface area contributed by atoms with Crippen LogP contribution in [0.3, 0.4) is 0 Å². The maximum Gasteiger partial charge on any atom is 0.0714 e. The van der Waals surface area contributed by atoms with Gasteiger partial charge in [-0.05, 0) is 117 Å². The third kappa shape index (κ3) is 7.08. The van der Waals surface area contributed by atoms with Gasteiger partial charge in [-0.15, -0.1) is 11.3 Å². The molecule has 0 fully saturated rings. The van der Waals surface area contributed by atoms with E-state index < -0.39 is 5.41 Å². The van der Waals surface area contributed by atoms with Crippen LogP contribution < -0.4 is 14.7 Å². The fraction of sp³-hybridized carbons (Fsp3) is 0.0294. The molecule has 10 aromatic carbocycles. The number of fused-ring (bicyclic) bond motifs is 7. The molecule has 0 aliphatic heterocycles. The Balaban J connectivity index is 0.963. The van der Waals surface area contributed by atoms with Crippen LogP contribution in [-0.4, -0.2) is 4.57 Å². The second-order valence-electron chi connectivity index (χ2n) is 18.3. The Kier molecular flexibility index (Phi) is 10.5. The van der Waals surface area contributed by atoms with E-state index in [0.717, 1.165) is 17.1 Å². The number of nitrogens with zero attached hydrogens (tertiary/aromatic N) is 2. The highest BCUT2D eigenvalue weighted by Crippen LogP contribution is 2.57. The first kappa shape index (κ1) is 42.4. The van der Waals surface area contributed by atoms with Crippen molar-refractivity contribution < 1.29 is 0 Å². The van der Waals surface area contributed by atoms with Crippen LogP contribution in [0.5, 0.6) is 0 Å². The molecule has 0 atom stereocenters. The summed E-state index contributed by atoms with van der Waals surface area (Å²) >= 11 is 1.85. The first-order valence-electron chi connectivity index (χ1n) is 24.4. The number of hydrogen-bond acceptors (Lipinski definition) is 2. The van der Waals surface area contributed by atoms with Crippen LogP contribution in [0.15, 0.2) is 255 Å². The second kappa shape index (κ2) is 17.6. The van der Waals surface area contributed by atoms with Crippen molar-refractivity contribution >= 4 is 78.6 Å². The van der Waals surface area contributed by atoms with E-state index in [1.165, 1.54) is 97.3 Å². The average molecular weight is 925 g/mol. The normalized spacial score (nSPS) is 13.4. The summed E-state index contributed by atoms with van der Waals surface area (Å²) in [5.41, 5.74) is 17.6. The van der Waals surface area contributed by atoms with E-state index in [9.17, 15) is 0 Å². The Hall–Kier alpha value is -8.76. The molecule has 3 heteroatoms. The van der Waals surface area contributed by atoms with Crippen LogP contribution in [0.25, 0.3) is 83.6 Å². The Bertz CT molecular complexity index is 4050. The van der Waals surface area contributed by atoms with Crippen molar-refractivity contribution in [2.75, 3.05) is 4.90 Å². The molecule has 2 nitrogen and oxygen atoms in total. The molecule has 13 rings (SSSR count). The van der Waals surface area contributed by atoms with Crippen molar-refractivity contribution in [1.82, 2.24) is 4.57 Å². The van der Waals surface area contributed by atoms with Crippen LogP contribution in [0.2, 0.25) is 0 Å². The molecule has 0 saturated heterocycles. The molecule has 336 valence electrons. The van der Waals surface area contributed by atoms with Crippen molar-refractivity contribution in [2.24, 2.45) is 0 Å². The highest BCUT2D eigenvalue weighted by Gasteiger charge is 2.46. The van der Waals surface area contributed by atoms with Gasteiger partial charge in [-0.25, -0.2) is 0 Å². The number of anilines is 3. The Morgan fingerprint density at radius 3 is 1.68 bits per heavy atom. The van der Waals surface area contributed by atoms with Gasteiger partial charge in [0.05, 0.1) is 16.4 Å². The smallest absolute Gasteiger partial charge is 0.0714 e. The van der Waals surface area contributed by atoms with Crippen molar-refractivity contribution in [2.45, 2.75) is 12.3 Å². The fourth-order valence-electron chi connectivity index (χ4n) is 11.3. The third-order valence-corrected chi connectivity index (χ3v) is 15.7. The maximum absolute atomic E-state index is 2.46. The average Bonchev–Trinajstić information content (AvgIpc) is 4.08. The molecule has 12 aromatic rings. The number of aromatic nitrogens is 1. The summed E-state index contributed by atoms with van der Waals surface area (Å²) in [6.45, 7) is 2.15. The van der Waals surface area contributed by atoms with Crippen molar-refractivity contribution in [3.05, 3.63) is 287 Å². The zero-order valence-corrected chi connectivity index (χ0v) is 40.1. The number of para-hydroxylation sites is 1. The lowest BCUT2D eigenvalue weighted by Crippen LogP contribution is -2.28. The summed E-state index contributed by atoms with van der Waals surface area (Å²) in [4.78, 5) is 2.45. The lowest BCUT2D eigenvalue weighted by molar-refractivity contribution is 0.768. The lowest BCUT2D eigenvalue weighted by atomic mass is 9.67. The lowest BCUT2D eigenvalue weighted by Gasteiger charge is -2.35. The standard InChI is InChI=1S/C68H48N2S/c1-2-66-60(30-19-43-69-64-32-18-16-29-58(64)59-40-35-50(44-65(59)69)48-22-9-4-10-23-48)61-42-39-55(46-67(61)71-66)70(53-36-33-49(34-37-53)47-20-7-3-8-21-47)54-38-41-57-56-28-15-17-31-62(56)68(63(57)45-54,51-24-11-5-12-25-51)52-26-13-6-14-27-52/h2-46H,1H3/b43-19+,60-30-,66-2+. The number of rotatable bonds is 9. The van der Waals surface area contributed by atoms with Gasteiger partial charge in [0.1, 0.15) is 0 Å². The van der Waals surface area contributed by atoms with E-state index >= 15 is 0 Å². The summed E-state index contributed by atoms with van der Waals surface area (Å²) in [7, 11) is 0. The van der Waals surface area contributed by atoms with E-state index in [2.05, 4.69) is 290 Å². The molecule has 2 heterocycles. The summed E-state index contributed by atoms with van der Waals surface area (Å²) in [6, 6.07) is 91.2. The van der Waals surface area contributed by atoms with E-state index in [-0.39, 0.29) is 0 Å². The Morgan fingerprint density at radius 2 is 0.958 bits per heavy atom. The van der Waals surface area contributed by atoms with Crippen molar-refractivity contribution in [1.29, 1.82) is 0 Å². The first-order chi connectivity index (χ1) is 35.2. The molecular weight excluding hydrogens is 877 g/mol. The molecule has 0 N–H and O–H groups in total. The minimum Gasteiger partial charge on any atom is -0.316 e. The zero-order valence-electron chi connectivity index (χ0n) is 39.3. The summed E-state index contributed by atoms with van der Waals surface area (Å²) < 4.78 is 4.83. The minimum absolute atomic E-state index is 0.515. The van der Waals surface area contributed by atoms with E-state index in [4.69, 9.17) is 0 Å². The second-order valence-corrected chi connectivity index (χ2v) is 19.4. The number of allylic oxidation sites excluding steroid dienone is 1. The van der Waals surface area contributed by atoms with Gasteiger partial charge in [0.15, 0.2) is 0 Å². The molecule has 2 aromatic heterocycles. The Morgan fingerprint density at radius 1 is 0.423 bits per heavy atom. The SMILES string of the molecule is C/C=c1/sc2cc(N(c3ccc(-c4ccccc4)cc3)c3ccc4c(c3)C(c3ccccc3)(c3ccccc3)c3ccccc3-4)ccc2/c1=C/C=C/n1c2ccccc2c2ccc(-c3ccccc3)cc21. The minimum atomic E-state index is -0.515. The van der Waals surface area contributed by atoms with Gasteiger partial charge in [-0.3, -0.25) is 0 Å². The molecule has 1 aliphatic carbocycles. The number of hydrogen-bond donors (Lipinski definition) is 0. The van der Waals surface area contributed by atoms with Gasteiger partial charge in [-0.2, -0.15) is 0 Å².